The molecule has 0 aliphatic heterocycles. The lowest BCUT2D eigenvalue weighted by molar-refractivity contribution is 0.1000. The van der Waals surface area contributed by atoms with Gasteiger partial charge in [-0.3, -0.25) is 9.69 Å². The number of benzene rings is 2. The molecule has 0 radical (unpaired) electrons. The van der Waals surface area contributed by atoms with E-state index in [4.69, 9.17) is 11.0 Å². The van der Waals surface area contributed by atoms with Gasteiger partial charge in [-0.2, -0.15) is 5.26 Å². The Labute approximate surface area is 140 Å². The molecule has 1 aliphatic carbocycles. The van der Waals surface area contributed by atoms with E-state index in [2.05, 4.69) is 4.90 Å². The molecule has 5 heteroatoms. The first-order chi connectivity index (χ1) is 11.6. The van der Waals surface area contributed by atoms with Crippen molar-refractivity contribution in [2.75, 3.05) is 0 Å². The van der Waals surface area contributed by atoms with Gasteiger partial charge in [0.05, 0.1) is 11.6 Å². The number of carbonyl (C=O) groups is 1. The molecule has 0 unspecified atom stereocenters. The topological polar surface area (TPSA) is 70.1 Å². The molecule has 3 rings (SSSR count). The Balaban J connectivity index is 1.74. The summed E-state index contributed by atoms with van der Waals surface area (Å²) in [7, 11) is 0. The third-order valence-corrected chi connectivity index (χ3v) is 4.24. The molecule has 4 nitrogen and oxygen atoms in total. The van der Waals surface area contributed by atoms with Crippen molar-refractivity contribution in [2.24, 2.45) is 5.73 Å². The average Bonchev–Trinajstić information content (AvgIpc) is 3.41. The Morgan fingerprint density at radius 3 is 2.46 bits per heavy atom. The first-order valence-electron chi connectivity index (χ1n) is 7.88. The molecule has 122 valence electrons. The van der Waals surface area contributed by atoms with Crippen molar-refractivity contribution in [2.45, 2.75) is 32.0 Å². The average molecular weight is 323 g/mol. The zero-order chi connectivity index (χ0) is 17.1. The van der Waals surface area contributed by atoms with Crippen LogP contribution in [0.15, 0.2) is 42.5 Å². The monoisotopic (exact) mass is 323 g/mol. The van der Waals surface area contributed by atoms with E-state index in [1.807, 2.05) is 18.2 Å². The van der Waals surface area contributed by atoms with Crippen LogP contribution in [-0.4, -0.2) is 16.8 Å². The number of primary amides is 1. The molecule has 1 amide bonds. The fourth-order valence-corrected chi connectivity index (χ4v) is 2.73. The molecule has 2 aromatic carbocycles. The van der Waals surface area contributed by atoms with E-state index in [1.54, 1.807) is 24.3 Å². The van der Waals surface area contributed by atoms with E-state index in [9.17, 15) is 9.18 Å². The van der Waals surface area contributed by atoms with E-state index < -0.39 is 5.91 Å². The highest BCUT2D eigenvalue weighted by Gasteiger charge is 2.29. The number of nitrogens with zero attached hydrogens (tertiary/aromatic N) is 2. The van der Waals surface area contributed by atoms with Gasteiger partial charge in [0.15, 0.2) is 0 Å². The van der Waals surface area contributed by atoms with Gasteiger partial charge in [-0.15, -0.1) is 0 Å². The summed E-state index contributed by atoms with van der Waals surface area (Å²) in [6, 6.07) is 14.2. The molecular formula is C19H18FN3O. The summed E-state index contributed by atoms with van der Waals surface area (Å²) in [5.74, 6) is -0.788. The number of carbonyl (C=O) groups excluding carboxylic acids is 1. The van der Waals surface area contributed by atoms with Gasteiger partial charge in [0.1, 0.15) is 5.82 Å². The quantitative estimate of drug-likeness (QED) is 0.888. The second-order valence-electron chi connectivity index (χ2n) is 6.12. The zero-order valence-electron chi connectivity index (χ0n) is 13.2. The fraction of sp³-hybridized carbons (Fsp3) is 0.263. The summed E-state index contributed by atoms with van der Waals surface area (Å²) >= 11 is 0. The number of hydrogen-bond acceptors (Lipinski definition) is 3. The summed E-state index contributed by atoms with van der Waals surface area (Å²) in [4.78, 5) is 13.4. The molecule has 2 aromatic rings. The Kier molecular flexibility index (Phi) is 4.59. The molecule has 0 aromatic heterocycles. The second-order valence-corrected chi connectivity index (χ2v) is 6.12. The lowest BCUT2D eigenvalue weighted by Crippen LogP contribution is -2.25. The minimum Gasteiger partial charge on any atom is -0.366 e. The highest BCUT2D eigenvalue weighted by molar-refractivity contribution is 5.92. The van der Waals surface area contributed by atoms with Crippen LogP contribution in [0.1, 0.15) is 39.9 Å². The van der Waals surface area contributed by atoms with Crippen molar-refractivity contribution in [3.63, 3.8) is 0 Å². The number of hydrogen-bond donors (Lipinski definition) is 1. The van der Waals surface area contributed by atoms with Gasteiger partial charge in [0, 0.05) is 30.3 Å². The lowest BCUT2D eigenvalue weighted by Gasteiger charge is -2.22. The van der Waals surface area contributed by atoms with Crippen LogP contribution in [-0.2, 0) is 13.1 Å². The fourth-order valence-electron chi connectivity index (χ4n) is 2.73. The Bertz CT molecular complexity index is 791. The molecule has 0 heterocycles. The first-order valence-corrected chi connectivity index (χ1v) is 7.88. The van der Waals surface area contributed by atoms with E-state index in [1.165, 1.54) is 6.07 Å². The maximum Gasteiger partial charge on any atom is 0.248 e. The van der Waals surface area contributed by atoms with Gasteiger partial charge in [-0.1, -0.05) is 18.2 Å². The summed E-state index contributed by atoms with van der Waals surface area (Å²) < 4.78 is 14.1. The molecule has 0 saturated heterocycles. The van der Waals surface area contributed by atoms with Crippen LogP contribution in [0, 0.1) is 17.1 Å². The molecule has 1 saturated carbocycles. The zero-order valence-corrected chi connectivity index (χ0v) is 13.2. The highest BCUT2D eigenvalue weighted by atomic mass is 19.1. The summed E-state index contributed by atoms with van der Waals surface area (Å²) in [5, 5.41) is 8.83. The Morgan fingerprint density at radius 2 is 1.92 bits per heavy atom. The van der Waals surface area contributed by atoms with Crippen LogP contribution in [0.4, 0.5) is 4.39 Å². The lowest BCUT2D eigenvalue weighted by atomic mass is 10.1. The molecule has 0 spiro atoms. The van der Waals surface area contributed by atoms with E-state index in [0.29, 0.717) is 35.8 Å². The molecule has 0 bridgehead atoms. The van der Waals surface area contributed by atoms with Gasteiger partial charge in [0.25, 0.3) is 0 Å². The molecule has 1 fully saturated rings. The SMILES string of the molecule is N#Cc1ccc(CN(Cc2ccc(C(N)=O)cc2)C2CC2)c(F)c1. The second kappa shape index (κ2) is 6.81. The van der Waals surface area contributed by atoms with Crippen LogP contribution in [0.3, 0.4) is 0 Å². The minimum absolute atomic E-state index is 0.330. The van der Waals surface area contributed by atoms with E-state index in [0.717, 1.165) is 18.4 Å². The van der Waals surface area contributed by atoms with Crippen molar-refractivity contribution in [3.8, 4) is 6.07 Å². The number of nitrogens with two attached hydrogens (primary N) is 1. The first kappa shape index (κ1) is 16.2. The molecule has 1 aliphatic rings. The highest BCUT2D eigenvalue weighted by Crippen LogP contribution is 2.30. The Hall–Kier alpha value is -2.71. The van der Waals surface area contributed by atoms with Gasteiger partial charge in [0.2, 0.25) is 5.91 Å². The maximum atomic E-state index is 14.1. The van der Waals surface area contributed by atoms with Crippen LogP contribution in [0.2, 0.25) is 0 Å². The standard InChI is InChI=1S/C19H18FN3O/c20-18-9-14(10-21)3-6-16(18)12-23(17-7-8-17)11-13-1-4-15(5-2-13)19(22)24/h1-6,9,17H,7-8,11-12H2,(H2,22,24). The van der Waals surface area contributed by atoms with Crippen LogP contribution in [0.25, 0.3) is 0 Å². The number of rotatable bonds is 6. The molecule has 24 heavy (non-hydrogen) atoms. The smallest absolute Gasteiger partial charge is 0.248 e. The van der Waals surface area contributed by atoms with Crippen LogP contribution in [0.5, 0.6) is 0 Å². The van der Waals surface area contributed by atoms with Crippen molar-refractivity contribution in [1.82, 2.24) is 4.90 Å². The molecule has 2 N–H and O–H groups in total. The number of halogens is 1. The molecular weight excluding hydrogens is 305 g/mol. The summed E-state index contributed by atoms with van der Waals surface area (Å²) in [6.07, 6.45) is 2.22. The number of amides is 1. The van der Waals surface area contributed by atoms with Gasteiger partial charge < -0.3 is 5.73 Å². The third kappa shape index (κ3) is 3.79. The third-order valence-electron chi connectivity index (χ3n) is 4.24. The normalized spacial score (nSPS) is 13.7. The predicted octanol–water partition coefficient (Wildman–Crippen LogP) is 2.96. The number of nitriles is 1. The maximum absolute atomic E-state index is 14.1. The predicted molar refractivity (Wildman–Crippen MR) is 88.3 cm³/mol. The van der Waals surface area contributed by atoms with Gasteiger partial charge in [-0.25, -0.2) is 4.39 Å². The van der Waals surface area contributed by atoms with Crippen molar-refractivity contribution < 1.29 is 9.18 Å². The van der Waals surface area contributed by atoms with Crippen molar-refractivity contribution in [3.05, 3.63) is 70.5 Å². The van der Waals surface area contributed by atoms with E-state index in [-0.39, 0.29) is 5.82 Å². The van der Waals surface area contributed by atoms with Crippen molar-refractivity contribution >= 4 is 5.91 Å². The van der Waals surface area contributed by atoms with Crippen LogP contribution < -0.4 is 5.73 Å². The Morgan fingerprint density at radius 1 is 1.21 bits per heavy atom. The summed E-state index contributed by atoms with van der Waals surface area (Å²) in [5.41, 5.74) is 7.71. The summed E-state index contributed by atoms with van der Waals surface area (Å²) in [6.45, 7) is 1.18. The van der Waals surface area contributed by atoms with Gasteiger partial charge >= 0.3 is 0 Å². The van der Waals surface area contributed by atoms with Gasteiger partial charge in [-0.05, 0) is 42.7 Å². The molecule has 0 atom stereocenters. The van der Waals surface area contributed by atoms with Crippen molar-refractivity contribution in [1.29, 1.82) is 5.26 Å². The largest absolute Gasteiger partial charge is 0.366 e. The van der Waals surface area contributed by atoms with E-state index >= 15 is 0 Å². The minimum atomic E-state index is -0.444. The van der Waals surface area contributed by atoms with Crippen LogP contribution >= 0.6 is 0 Å².